The van der Waals surface area contributed by atoms with E-state index in [0.29, 0.717) is 36.9 Å². The minimum Gasteiger partial charge on any atom is -0.368 e. The number of aromatic nitrogens is 5. The Bertz CT molecular complexity index is 1360. The number of nitrogen functional groups attached to an aromatic ring is 1. The topological polar surface area (TPSA) is 141 Å². The van der Waals surface area contributed by atoms with Gasteiger partial charge in [-0.2, -0.15) is 9.29 Å². The maximum absolute atomic E-state index is 12.8. The van der Waals surface area contributed by atoms with E-state index >= 15 is 0 Å². The van der Waals surface area contributed by atoms with Crippen molar-refractivity contribution in [3.63, 3.8) is 0 Å². The smallest absolute Gasteiger partial charge is 0.221 e. The molecular formula is C25H40N8O3SSi. The zero-order valence-electron chi connectivity index (χ0n) is 23.0. The fourth-order valence-electron chi connectivity index (χ4n) is 4.46. The number of nitrogens with two attached hydrogens (primary N) is 1. The SMILES string of the molecule is CC(C)CS(=O)(=O)N1CCC[C@H](Nc2nc(N)ncc2-c2cnc3c(ccn3COCC[Si](C)(C)C)n2)C1. The summed E-state index contributed by atoms with van der Waals surface area (Å²) in [5, 5.41) is 3.42. The first kappa shape index (κ1) is 28.4. The number of rotatable bonds is 11. The van der Waals surface area contributed by atoms with Crippen molar-refractivity contribution in [3.8, 4) is 11.3 Å². The fourth-order valence-corrected chi connectivity index (χ4v) is 7.09. The molecule has 0 unspecified atom stereocenters. The molecule has 3 N–H and O–H groups in total. The molecule has 3 aromatic heterocycles. The largest absolute Gasteiger partial charge is 0.368 e. The average Bonchev–Trinajstić information content (AvgIpc) is 3.23. The Labute approximate surface area is 226 Å². The van der Waals surface area contributed by atoms with E-state index in [1.807, 2.05) is 30.7 Å². The third kappa shape index (κ3) is 7.27. The lowest BCUT2D eigenvalue weighted by molar-refractivity contribution is 0.0899. The molecule has 0 saturated carbocycles. The Balaban J connectivity index is 1.51. The van der Waals surface area contributed by atoms with Crippen LogP contribution in [0.1, 0.15) is 26.7 Å². The normalized spacial score (nSPS) is 17.4. The monoisotopic (exact) mass is 560 g/mol. The van der Waals surface area contributed by atoms with Crippen LogP contribution in [0.5, 0.6) is 0 Å². The Morgan fingerprint density at radius 1 is 1.21 bits per heavy atom. The van der Waals surface area contributed by atoms with E-state index in [0.717, 1.165) is 36.7 Å². The third-order valence-electron chi connectivity index (χ3n) is 6.44. The van der Waals surface area contributed by atoms with Crippen LogP contribution in [-0.4, -0.2) is 76.8 Å². The van der Waals surface area contributed by atoms with Crippen LogP contribution in [0.15, 0.2) is 24.7 Å². The maximum atomic E-state index is 12.8. The lowest BCUT2D eigenvalue weighted by atomic mass is 10.1. The summed E-state index contributed by atoms with van der Waals surface area (Å²) in [5.41, 5.74) is 8.67. The number of piperidine rings is 1. The van der Waals surface area contributed by atoms with Crippen LogP contribution >= 0.6 is 0 Å². The van der Waals surface area contributed by atoms with Gasteiger partial charge in [-0.1, -0.05) is 33.5 Å². The van der Waals surface area contributed by atoms with E-state index in [1.54, 1.807) is 16.7 Å². The van der Waals surface area contributed by atoms with Gasteiger partial charge in [-0.15, -0.1) is 0 Å². The second-order valence-electron chi connectivity index (χ2n) is 11.6. The molecule has 4 rings (SSSR count). The van der Waals surface area contributed by atoms with Gasteiger partial charge in [0, 0.05) is 46.2 Å². The summed E-state index contributed by atoms with van der Waals surface area (Å²) in [4.78, 5) is 18.1. The highest BCUT2D eigenvalue weighted by Crippen LogP contribution is 2.28. The van der Waals surface area contributed by atoms with Gasteiger partial charge in [0.15, 0.2) is 5.65 Å². The van der Waals surface area contributed by atoms with Gasteiger partial charge in [0.2, 0.25) is 16.0 Å². The molecular weight excluding hydrogens is 520 g/mol. The van der Waals surface area contributed by atoms with Crippen molar-refractivity contribution in [3.05, 3.63) is 24.7 Å². The molecule has 38 heavy (non-hydrogen) atoms. The van der Waals surface area contributed by atoms with E-state index in [1.165, 1.54) is 0 Å². The molecule has 1 aliphatic heterocycles. The van der Waals surface area contributed by atoms with Gasteiger partial charge >= 0.3 is 0 Å². The zero-order valence-corrected chi connectivity index (χ0v) is 24.8. The average molecular weight is 561 g/mol. The molecule has 1 saturated heterocycles. The molecule has 1 fully saturated rings. The minimum atomic E-state index is -3.31. The number of nitrogens with zero attached hydrogens (tertiary/aromatic N) is 6. The Morgan fingerprint density at radius 2 is 2.00 bits per heavy atom. The molecule has 3 aromatic rings. The Morgan fingerprint density at radius 3 is 2.74 bits per heavy atom. The number of hydrogen-bond donors (Lipinski definition) is 2. The molecule has 0 amide bonds. The minimum absolute atomic E-state index is 0.0710. The number of nitrogens with one attached hydrogen (secondary N) is 1. The van der Waals surface area contributed by atoms with Gasteiger partial charge in [0.05, 0.1) is 23.2 Å². The highest BCUT2D eigenvalue weighted by atomic mass is 32.2. The number of ether oxygens (including phenoxy) is 1. The lowest BCUT2D eigenvalue weighted by Gasteiger charge is -2.33. The molecule has 1 atom stereocenters. The Kier molecular flexibility index (Phi) is 8.70. The third-order valence-corrected chi connectivity index (χ3v) is 10.3. The molecule has 0 aliphatic carbocycles. The summed E-state index contributed by atoms with van der Waals surface area (Å²) in [6.45, 7) is 12.9. The van der Waals surface area contributed by atoms with E-state index in [-0.39, 0.29) is 23.7 Å². The molecule has 11 nitrogen and oxygen atoms in total. The maximum Gasteiger partial charge on any atom is 0.221 e. The van der Waals surface area contributed by atoms with Crippen LogP contribution in [0.3, 0.4) is 0 Å². The predicted octanol–water partition coefficient (Wildman–Crippen LogP) is 3.64. The van der Waals surface area contributed by atoms with Crippen molar-refractivity contribution in [1.29, 1.82) is 0 Å². The van der Waals surface area contributed by atoms with Crippen molar-refractivity contribution in [1.82, 2.24) is 28.8 Å². The first-order valence-corrected chi connectivity index (χ1v) is 18.5. The van der Waals surface area contributed by atoms with Crippen LogP contribution < -0.4 is 11.1 Å². The summed E-state index contributed by atoms with van der Waals surface area (Å²) < 4.78 is 35.0. The van der Waals surface area contributed by atoms with Crippen molar-refractivity contribution < 1.29 is 13.2 Å². The summed E-state index contributed by atoms with van der Waals surface area (Å²) in [7, 11) is -4.46. The van der Waals surface area contributed by atoms with Crippen LogP contribution in [0.4, 0.5) is 11.8 Å². The van der Waals surface area contributed by atoms with Crippen LogP contribution in [-0.2, 0) is 21.5 Å². The van der Waals surface area contributed by atoms with Gasteiger partial charge in [-0.3, -0.25) is 0 Å². The summed E-state index contributed by atoms with van der Waals surface area (Å²) >= 11 is 0. The molecule has 4 heterocycles. The first-order valence-electron chi connectivity index (χ1n) is 13.2. The quantitative estimate of drug-likeness (QED) is 0.265. The van der Waals surface area contributed by atoms with Gasteiger partial charge in [-0.25, -0.2) is 23.4 Å². The molecule has 0 bridgehead atoms. The van der Waals surface area contributed by atoms with Crippen molar-refractivity contribution in [2.24, 2.45) is 5.92 Å². The summed E-state index contributed by atoms with van der Waals surface area (Å²) in [6, 6.07) is 2.92. The van der Waals surface area contributed by atoms with Gasteiger partial charge < -0.3 is 20.4 Å². The lowest BCUT2D eigenvalue weighted by Crippen LogP contribution is -2.46. The van der Waals surface area contributed by atoms with Gasteiger partial charge in [0.25, 0.3) is 0 Å². The van der Waals surface area contributed by atoms with Crippen LogP contribution in [0.25, 0.3) is 22.4 Å². The second kappa shape index (κ2) is 11.6. The molecule has 208 valence electrons. The highest BCUT2D eigenvalue weighted by Gasteiger charge is 2.30. The molecule has 0 radical (unpaired) electrons. The molecule has 1 aliphatic rings. The van der Waals surface area contributed by atoms with E-state index in [4.69, 9.17) is 15.5 Å². The number of hydrogen-bond acceptors (Lipinski definition) is 9. The predicted molar refractivity (Wildman–Crippen MR) is 154 cm³/mol. The number of anilines is 2. The summed E-state index contributed by atoms with van der Waals surface area (Å²) in [5.74, 6) is 0.867. The van der Waals surface area contributed by atoms with Crippen molar-refractivity contribution in [2.75, 3.05) is 36.5 Å². The first-order chi connectivity index (χ1) is 17.9. The standard InChI is InChI=1S/C25H40N8O3SSi/c1-18(2)16-37(34,35)33-9-6-7-19(15-33)29-23-20(13-28-25(26)31-23)22-14-27-24-21(30-22)8-10-32(24)17-36-11-12-38(3,4)5/h8,10,13-14,18-19H,6-7,9,11-12,15-17H2,1-5H3,(H3,26,28,29,31)/t19-/m0/s1. The zero-order chi connectivity index (χ0) is 27.5. The second-order valence-corrected chi connectivity index (χ2v) is 19.2. The van der Waals surface area contributed by atoms with E-state index < -0.39 is 18.1 Å². The van der Waals surface area contributed by atoms with Crippen molar-refractivity contribution >= 4 is 41.0 Å². The molecule has 0 spiro atoms. The number of sulfonamides is 1. The van der Waals surface area contributed by atoms with Crippen LogP contribution in [0, 0.1) is 5.92 Å². The van der Waals surface area contributed by atoms with Crippen LogP contribution in [0.2, 0.25) is 25.7 Å². The van der Waals surface area contributed by atoms with Crippen molar-refractivity contribution in [2.45, 2.75) is 65.1 Å². The van der Waals surface area contributed by atoms with E-state index in [2.05, 4.69) is 39.9 Å². The van der Waals surface area contributed by atoms with E-state index in [9.17, 15) is 8.42 Å². The fraction of sp³-hybridized carbons (Fsp3) is 0.600. The summed E-state index contributed by atoms with van der Waals surface area (Å²) in [6.07, 6.45) is 6.84. The number of fused-ring (bicyclic) bond motifs is 1. The molecule has 0 aromatic carbocycles. The molecule has 13 heteroatoms. The Hall–Kier alpha value is -2.61. The highest BCUT2D eigenvalue weighted by molar-refractivity contribution is 7.89. The van der Waals surface area contributed by atoms with Gasteiger partial charge in [-0.05, 0) is 30.9 Å². The van der Waals surface area contributed by atoms with Gasteiger partial charge in [0.1, 0.15) is 18.1 Å².